The number of urea groups is 1. The van der Waals surface area contributed by atoms with Gasteiger partial charge in [0.1, 0.15) is 6.33 Å². The van der Waals surface area contributed by atoms with Crippen LogP contribution in [0.25, 0.3) is 5.69 Å². The summed E-state index contributed by atoms with van der Waals surface area (Å²) in [5.74, 6) is -0.330. The molecule has 2 N–H and O–H groups in total. The van der Waals surface area contributed by atoms with Gasteiger partial charge in [-0.3, -0.25) is 10.1 Å². The summed E-state index contributed by atoms with van der Waals surface area (Å²) in [4.78, 5) is 27.5. The molecule has 3 amide bonds. The lowest BCUT2D eigenvalue weighted by Gasteiger charge is -2.20. The molecule has 0 fully saturated rings. The molecule has 0 aliphatic rings. The molecule has 2 aromatic rings. The van der Waals surface area contributed by atoms with Crippen molar-refractivity contribution in [3.8, 4) is 5.69 Å². The van der Waals surface area contributed by atoms with Crippen molar-refractivity contribution in [2.75, 3.05) is 5.75 Å². The van der Waals surface area contributed by atoms with Crippen LogP contribution in [-0.4, -0.2) is 38.0 Å². The van der Waals surface area contributed by atoms with E-state index in [4.69, 9.17) is 0 Å². The Labute approximate surface area is 138 Å². The Morgan fingerprint density at radius 1 is 1.22 bits per heavy atom. The Bertz CT molecular complexity index is 679. The van der Waals surface area contributed by atoms with E-state index in [9.17, 15) is 9.59 Å². The molecule has 0 atom stereocenters. The minimum Gasteiger partial charge on any atom is -0.333 e. The number of thioether (sulfide) groups is 1. The standard InChI is InChI=1S/C15H19N5O2S/c1-15(2,3)18-13(22)17-12(21)9-23-14-16-10-20(19-14)11-7-5-4-6-8-11/h4-8,10H,9H2,1-3H3,(H2,17,18,21,22). The molecule has 1 aromatic carbocycles. The third-order valence-electron chi connectivity index (χ3n) is 2.57. The van der Waals surface area contributed by atoms with Crippen molar-refractivity contribution in [3.05, 3.63) is 36.7 Å². The maximum atomic E-state index is 11.7. The van der Waals surface area contributed by atoms with Gasteiger partial charge in [0, 0.05) is 5.54 Å². The van der Waals surface area contributed by atoms with Crippen molar-refractivity contribution < 1.29 is 9.59 Å². The summed E-state index contributed by atoms with van der Waals surface area (Å²) >= 11 is 1.17. The number of imide groups is 1. The van der Waals surface area contributed by atoms with Gasteiger partial charge in [0.25, 0.3) is 0 Å². The molecular weight excluding hydrogens is 314 g/mol. The van der Waals surface area contributed by atoms with Crippen LogP contribution in [0.1, 0.15) is 20.8 Å². The van der Waals surface area contributed by atoms with Crippen molar-refractivity contribution in [1.82, 2.24) is 25.4 Å². The Morgan fingerprint density at radius 3 is 2.57 bits per heavy atom. The zero-order valence-corrected chi connectivity index (χ0v) is 14.1. The Morgan fingerprint density at radius 2 is 1.91 bits per heavy atom. The predicted molar refractivity (Wildman–Crippen MR) is 88.5 cm³/mol. The number of para-hydroxylation sites is 1. The molecule has 0 aliphatic heterocycles. The van der Waals surface area contributed by atoms with Crippen LogP contribution in [0.3, 0.4) is 0 Å². The average Bonchev–Trinajstić information content (AvgIpc) is 2.93. The van der Waals surface area contributed by atoms with Gasteiger partial charge in [-0.2, -0.15) is 0 Å². The van der Waals surface area contributed by atoms with Gasteiger partial charge in [-0.05, 0) is 32.9 Å². The first-order chi connectivity index (χ1) is 10.8. The first kappa shape index (κ1) is 17.0. The van der Waals surface area contributed by atoms with Crippen molar-refractivity contribution >= 4 is 23.7 Å². The summed E-state index contributed by atoms with van der Waals surface area (Å²) in [7, 11) is 0. The average molecular weight is 333 g/mol. The number of aromatic nitrogens is 3. The largest absolute Gasteiger partial charge is 0.333 e. The topological polar surface area (TPSA) is 88.9 Å². The van der Waals surface area contributed by atoms with Gasteiger partial charge in [0.05, 0.1) is 11.4 Å². The second kappa shape index (κ2) is 7.28. The van der Waals surface area contributed by atoms with E-state index < -0.39 is 17.5 Å². The van der Waals surface area contributed by atoms with E-state index in [0.717, 1.165) is 5.69 Å². The Hall–Kier alpha value is -2.35. The van der Waals surface area contributed by atoms with E-state index in [-0.39, 0.29) is 5.75 Å². The van der Waals surface area contributed by atoms with E-state index in [2.05, 4.69) is 20.7 Å². The van der Waals surface area contributed by atoms with E-state index in [1.54, 1.807) is 11.0 Å². The molecule has 8 heteroatoms. The molecular formula is C15H19N5O2S. The van der Waals surface area contributed by atoms with E-state index in [1.165, 1.54) is 11.8 Å². The number of hydrogen-bond donors (Lipinski definition) is 2. The molecule has 0 unspecified atom stereocenters. The molecule has 2 rings (SSSR count). The molecule has 0 saturated heterocycles. The quantitative estimate of drug-likeness (QED) is 0.835. The predicted octanol–water partition coefficient (Wildman–Crippen LogP) is 1.98. The number of hydrogen-bond acceptors (Lipinski definition) is 5. The Balaban J connectivity index is 1.83. The van der Waals surface area contributed by atoms with Crippen LogP contribution in [0.4, 0.5) is 4.79 Å². The van der Waals surface area contributed by atoms with Crippen molar-refractivity contribution in [1.29, 1.82) is 0 Å². The highest BCUT2D eigenvalue weighted by molar-refractivity contribution is 7.99. The molecule has 0 aliphatic carbocycles. The maximum absolute atomic E-state index is 11.7. The van der Waals surface area contributed by atoms with Crippen LogP contribution in [0.5, 0.6) is 0 Å². The summed E-state index contributed by atoms with van der Waals surface area (Å²) in [6.45, 7) is 5.52. The molecule has 1 aromatic heterocycles. The molecule has 7 nitrogen and oxygen atoms in total. The maximum Gasteiger partial charge on any atom is 0.321 e. The van der Waals surface area contributed by atoms with Gasteiger partial charge in [-0.25, -0.2) is 14.5 Å². The number of nitrogens with one attached hydrogen (secondary N) is 2. The van der Waals surface area contributed by atoms with Crippen molar-refractivity contribution in [2.24, 2.45) is 0 Å². The molecule has 0 spiro atoms. The van der Waals surface area contributed by atoms with Crippen molar-refractivity contribution in [3.63, 3.8) is 0 Å². The lowest BCUT2D eigenvalue weighted by atomic mass is 10.1. The number of carbonyl (C=O) groups excluding carboxylic acids is 2. The lowest BCUT2D eigenvalue weighted by Crippen LogP contribution is -2.48. The van der Waals surface area contributed by atoms with Gasteiger partial charge in [-0.1, -0.05) is 30.0 Å². The molecule has 0 saturated carbocycles. The third-order valence-corrected chi connectivity index (χ3v) is 3.42. The third kappa shape index (κ3) is 5.74. The van der Waals surface area contributed by atoms with Gasteiger partial charge < -0.3 is 5.32 Å². The first-order valence-electron chi connectivity index (χ1n) is 7.05. The monoisotopic (exact) mass is 333 g/mol. The van der Waals surface area contributed by atoms with Crippen LogP contribution < -0.4 is 10.6 Å². The highest BCUT2D eigenvalue weighted by Crippen LogP contribution is 2.13. The van der Waals surface area contributed by atoms with Crippen LogP contribution in [0.2, 0.25) is 0 Å². The lowest BCUT2D eigenvalue weighted by molar-refractivity contribution is -0.117. The summed E-state index contributed by atoms with van der Waals surface area (Å²) in [5, 5.41) is 9.68. The highest BCUT2D eigenvalue weighted by Gasteiger charge is 2.16. The van der Waals surface area contributed by atoms with Gasteiger partial charge in [0.2, 0.25) is 11.1 Å². The first-order valence-corrected chi connectivity index (χ1v) is 8.04. The van der Waals surface area contributed by atoms with Crippen LogP contribution in [0.15, 0.2) is 41.8 Å². The molecule has 0 radical (unpaired) electrons. The molecule has 0 bridgehead atoms. The number of nitrogens with zero attached hydrogens (tertiary/aromatic N) is 3. The number of benzene rings is 1. The van der Waals surface area contributed by atoms with Crippen LogP contribution >= 0.6 is 11.8 Å². The van der Waals surface area contributed by atoms with Gasteiger partial charge in [-0.15, -0.1) is 5.10 Å². The van der Waals surface area contributed by atoms with Crippen LogP contribution in [-0.2, 0) is 4.79 Å². The Kier molecular flexibility index (Phi) is 5.38. The van der Waals surface area contributed by atoms with E-state index in [0.29, 0.717) is 5.16 Å². The second-order valence-corrected chi connectivity index (χ2v) is 6.79. The summed E-state index contributed by atoms with van der Waals surface area (Å²) in [5.41, 5.74) is 0.494. The van der Waals surface area contributed by atoms with Crippen molar-refractivity contribution in [2.45, 2.75) is 31.5 Å². The highest BCUT2D eigenvalue weighted by atomic mass is 32.2. The van der Waals surface area contributed by atoms with E-state index >= 15 is 0 Å². The fraction of sp³-hybridized carbons (Fsp3) is 0.333. The summed E-state index contributed by atoms with van der Waals surface area (Å²) in [6, 6.07) is 9.05. The minimum absolute atomic E-state index is 0.0658. The SMILES string of the molecule is CC(C)(C)NC(=O)NC(=O)CSc1ncn(-c2ccccc2)n1. The fourth-order valence-corrected chi connectivity index (χ4v) is 2.28. The van der Waals surface area contributed by atoms with Gasteiger partial charge >= 0.3 is 6.03 Å². The number of carbonyl (C=O) groups is 2. The van der Waals surface area contributed by atoms with Crippen LogP contribution in [0, 0.1) is 0 Å². The summed E-state index contributed by atoms with van der Waals surface area (Å²) in [6.07, 6.45) is 1.59. The smallest absolute Gasteiger partial charge is 0.321 e. The molecule has 122 valence electrons. The zero-order chi connectivity index (χ0) is 16.9. The molecule has 1 heterocycles. The second-order valence-electron chi connectivity index (χ2n) is 5.85. The number of amides is 3. The van der Waals surface area contributed by atoms with Gasteiger partial charge in [0.15, 0.2) is 0 Å². The zero-order valence-electron chi connectivity index (χ0n) is 13.2. The summed E-state index contributed by atoms with van der Waals surface area (Å²) < 4.78 is 1.63. The number of rotatable bonds is 4. The van der Waals surface area contributed by atoms with E-state index in [1.807, 2.05) is 51.1 Å². The molecule has 23 heavy (non-hydrogen) atoms. The normalized spacial score (nSPS) is 11.1. The fourth-order valence-electron chi connectivity index (χ4n) is 1.68. The minimum atomic E-state index is -0.508.